The van der Waals surface area contributed by atoms with Crippen molar-refractivity contribution in [1.82, 2.24) is 0 Å². The highest BCUT2D eigenvalue weighted by molar-refractivity contribution is 5.67. The van der Waals surface area contributed by atoms with Gasteiger partial charge in [-0.15, -0.1) is 0 Å². The zero-order valence-electron chi connectivity index (χ0n) is 11.8. The smallest absolute Gasteiger partial charge is 0.303 e. The molecule has 3 nitrogen and oxygen atoms in total. The van der Waals surface area contributed by atoms with Crippen molar-refractivity contribution >= 4 is 5.97 Å². The fourth-order valence-corrected chi connectivity index (χ4v) is 2.71. The quantitative estimate of drug-likeness (QED) is 0.886. The van der Waals surface area contributed by atoms with E-state index in [0.717, 1.165) is 0 Å². The van der Waals surface area contributed by atoms with Gasteiger partial charge in [0.2, 0.25) is 0 Å². The van der Waals surface area contributed by atoms with Crippen molar-refractivity contribution in [3.8, 4) is 0 Å². The molecule has 1 atom stereocenters. The van der Waals surface area contributed by atoms with Gasteiger partial charge in [0.25, 0.3) is 0 Å². The predicted octanol–water partition coefficient (Wildman–Crippen LogP) is 3.19. The van der Waals surface area contributed by atoms with Crippen molar-refractivity contribution in [2.45, 2.75) is 38.5 Å². The summed E-state index contributed by atoms with van der Waals surface area (Å²) in [6.45, 7) is 7.60. The van der Waals surface area contributed by atoms with E-state index in [1.807, 2.05) is 6.92 Å². The average Bonchev–Trinajstić information content (AvgIpc) is 2.27. The Balaban J connectivity index is 2.23. The first-order valence-electron chi connectivity index (χ1n) is 6.85. The molecule has 0 radical (unpaired) electrons. The van der Waals surface area contributed by atoms with Crippen LogP contribution in [0.15, 0.2) is 24.3 Å². The first kappa shape index (κ1) is 14.1. The molecule has 2 rings (SSSR count). The molecule has 1 aromatic rings. The minimum atomic E-state index is -0.738. The highest BCUT2D eigenvalue weighted by Crippen LogP contribution is 2.41. The maximum absolute atomic E-state index is 10.9. The second kappa shape index (κ2) is 5.33. The Morgan fingerprint density at radius 2 is 1.84 bits per heavy atom. The maximum Gasteiger partial charge on any atom is 0.303 e. The van der Waals surface area contributed by atoms with E-state index in [2.05, 4.69) is 38.1 Å². The van der Waals surface area contributed by atoms with Gasteiger partial charge >= 0.3 is 5.97 Å². The van der Waals surface area contributed by atoms with E-state index in [-0.39, 0.29) is 17.8 Å². The first-order valence-corrected chi connectivity index (χ1v) is 6.85. The van der Waals surface area contributed by atoms with Crippen LogP contribution in [0.25, 0.3) is 0 Å². The minimum Gasteiger partial charge on any atom is -0.481 e. The predicted molar refractivity (Wildman–Crippen MR) is 74.4 cm³/mol. The lowest BCUT2D eigenvalue weighted by molar-refractivity contribution is -0.142. The van der Waals surface area contributed by atoms with Gasteiger partial charge in [-0.2, -0.15) is 0 Å². The topological polar surface area (TPSA) is 46.5 Å². The van der Waals surface area contributed by atoms with E-state index in [9.17, 15) is 4.79 Å². The summed E-state index contributed by atoms with van der Waals surface area (Å²) in [5.74, 6) is -0.139. The molecule has 104 valence electrons. The fraction of sp³-hybridized carbons (Fsp3) is 0.562. The number of ether oxygens (including phenoxy) is 1. The molecule has 19 heavy (non-hydrogen) atoms. The van der Waals surface area contributed by atoms with Gasteiger partial charge in [-0.1, -0.05) is 45.0 Å². The van der Waals surface area contributed by atoms with Crippen LogP contribution in [0.5, 0.6) is 0 Å². The van der Waals surface area contributed by atoms with Crippen molar-refractivity contribution in [1.29, 1.82) is 0 Å². The van der Waals surface area contributed by atoms with Crippen molar-refractivity contribution in [3.63, 3.8) is 0 Å². The molecule has 0 spiro atoms. The van der Waals surface area contributed by atoms with Crippen molar-refractivity contribution in [2.24, 2.45) is 5.92 Å². The molecule has 0 aromatic heterocycles. The molecule has 1 N–H and O–H groups in total. The molecule has 1 saturated heterocycles. The van der Waals surface area contributed by atoms with Crippen LogP contribution in [0.1, 0.15) is 44.2 Å². The number of carbonyl (C=O) groups is 1. The lowest BCUT2D eigenvalue weighted by atomic mass is 9.68. The van der Waals surface area contributed by atoms with Crippen molar-refractivity contribution in [3.05, 3.63) is 35.4 Å². The summed E-state index contributed by atoms with van der Waals surface area (Å²) >= 11 is 0. The van der Waals surface area contributed by atoms with Crippen LogP contribution in [-0.4, -0.2) is 24.3 Å². The van der Waals surface area contributed by atoms with E-state index in [0.29, 0.717) is 19.1 Å². The number of carboxylic acid groups (broad SMARTS) is 1. The summed E-state index contributed by atoms with van der Waals surface area (Å²) in [4.78, 5) is 10.9. The Kier molecular flexibility index (Phi) is 3.95. The van der Waals surface area contributed by atoms with Crippen molar-refractivity contribution < 1.29 is 14.6 Å². The number of benzene rings is 1. The lowest BCUT2D eigenvalue weighted by Crippen LogP contribution is -2.52. The highest BCUT2D eigenvalue weighted by atomic mass is 16.5. The monoisotopic (exact) mass is 262 g/mol. The summed E-state index contributed by atoms with van der Waals surface area (Å²) in [5.41, 5.74) is 2.40. The summed E-state index contributed by atoms with van der Waals surface area (Å²) < 4.78 is 5.38. The summed E-state index contributed by atoms with van der Waals surface area (Å²) in [6, 6.07) is 8.56. The molecule has 3 heteroatoms. The zero-order valence-corrected chi connectivity index (χ0v) is 11.8. The second-order valence-corrected chi connectivity index (χ2v) is 5.92. The van der Waals surface area contributed by atoms with E-state index in [4.69, 9.17) is 9.84 Å². The molecule has 0 amide bonds. The van der Waals surface area contributed by atoms with Crippen LogP contribution in [0.2, 0.25) is 0 Å². The van der Waals surface area contributed by atoms with E-state index in [1.54, 1.807) is 0 Å². The molecular formula is C16H22O3. The largest absolute Gasteiger partial charge is 0.481 e. The molecule has 1 fully saturated rings. The molecule has 1 aromatic carbocycles. The molecule has 1 heterocycles. The summed E-state index contributed by atoms with van der Waals surface area (Å²) in [6.07, 6.45) is 0.190. The van der Waals surface area contributed by atoms with Crippen LogP contribution in [0.4, 0.5) is 0 Å². The van der Waals surface area contributed by atoms with Gasteiger partial charge < -0.3 is 9.84 Å². The Bertz CT molecular complexity index is 444. The SMILES string of the molecule is CC(C)c1ccc(C2(C(C)CC(=O)O)COC2)cc1. The number of rotatable bonds is 5. The van der Waals surface area contributed by atoms with Gasteiger partial charge in [-0.3, -0.25) is 4.79 Å². The van der Waals surface area contributed by atoms with Gasteiger partial charge in [0.15, 0.2) is 0 Å². The maximum atomic E-state index is 10.9. The van der Waals surface area contributed by atoms with Gasteiger partial charge in [-0.25, -0.2) is 0 Å². The Labute approximate surface area is 114 Å². The summed E-state index contributed by atoms with van der Waals surface area (Å²) in [7, 11) is 0. The second-order valence-electron chi connectivity index (χ2n) is 5.92. The molecule has 1 unspecified atom stereocenters. The van der Waals surface area contributed by atoms with Crippen molar-refractivity contribution in [2.75, 3.05) is 13.2 Å². The van der Waals surface area contributed by atoms with Gasteiger partial charge in [-0.05, 0) is 23.0 Å². The standard InChI is InChI=1S/C16H22O3/c1-11(2)13-4-6-14(7-5-13)16(9-19-10-16)12(3)8-15(17)18/h4-7,11-12H,8-10H2,1-3H3,(H,17,18). The normalized spacial score (nSPS) is 18.9. The molecule has 0 saturated carbocycles. The molecule has 0 aliphatic carbocycles. The lowest BCUT2D eigenvalue weighted by Gasteiger charge is -2.46. The van der Waals surface area contributed by atoms with Crippen LogP contribution in [0, 0.1) is 5.92 Å². The first-order chi connectivity index (χ1) is 8.95. The van der Waals surface area contributed by atoms with Crippen LogP contribution in [-0.2, 0) is 14.9 Å². The summed E-state index contributed by atoms with van der Waals surface area (Å²) in [5, 5.41) is 8.99. The number of hydrogen-bond acceptors (Lipinski definition) is 2. The van der Waals surface area contributed by atoms with Gasteiger partial charge in [0.05, 0.1) is 13.2 Å². The van der Waals surface area contributed by atoms with Gasteiger partial charge in [0, 0.05) is 11.8 Å². The van der Waals surface area contributed by atoms with E-state index >= 15 is 0 Å². The third kappa shape index (κ3) is 2.66. The fourth-order valence-electron chi connectivity index (χ4n) is 2.71. The Hall–Kier alpha value is -1.35. The third-order valence-electron chi connectivity index (χ3n) is 4.30. The number of hydrogen-bond donors (Lipinski definition) is 1. The zero-order chi connectivity index (χ0) is 14.0. The molecule has 0 bridgehead atoms. The third-order valence-corrected chi connectivity index (χ3v) is 4.30. The number of aliphatic carboxylic acids is 1. The Morgan fingerprint density at radius 3 is 2.21 bits per heavy atom. The van der Waals surface area contributed by atoms with Crippen LogP contribution >= 0.6 is 0 Å². The minimum absolute atomic E-state index is 0.0867. The molecule has 1 aliphatic rings. The Morgan fingerprint density at radius 1 is 1.26 bits per heavy atom. The highest BCUT2D eigenvalue weighted by Gasteiger charge is 2.45. The van der Waals surface area contributed by atoms with E-state index in [1.165, 1.54) is 11.1 Å². The average molecular weight is 262 g/mol. The van der Waals surface area contributed by atoms with Gasteiger partial charge in [0.1, 0.15) is 0 Å². The van der Waals surface area contributed by atoms with Crippen LogP contribution < -0.4 is 0 Å². The van der Waals surface area contributed by atoms with E-state index < -0.39 is 5.97 Å². The molecular weight excluding hydrogens is 240 g/mol. The molecule has 1 aliphatic heterocycles. The van der Waals surface area contributed by atoms with Crippen LogP contribution in [0.3, 0.4) is 0 Å². The number of carboxylic acids is 1.